The van der Waals surface area contributed by atoms with Gasteiger partial charge >= 0.3 is 0 Å². The van der Waals surface area contributed by atoms with E-state index in [1.165, 1.54) is 0 Å². The Morgan fingerprint density at radius 1 is 1.67 bits per heavy atom. The largest absolute Gasteiger partial charge is 0.366 e. The summed E-state index contributed by atoms with van der Waals surface area (Å²) in [7, 11) is 3.59. The van der Waals surface area contributed by atoms with Crippen molar-refractivity contribution in [1.82, 2.24) is 14.7 Å². The van der Waals surface area contributed by atoms with Crippen molar-refractivity contribution >= 4 is 11.6 Å². The smallest absolute Gasteiger partial charge is 0.257 e. The van der Waals surface area contributed by atoms with Gasteiger partial charge in [-0.05, 0) is 6.54 Å². The maximum Gasteiger partial charge on any atom is 0.257 e. The SMILES string of the molecule is CCN1CCOC(C(=O)N(C)c2cnn(C)c2)C1. The lowest BCUT2D eigenvalue weighted by Gasteiger charge is -2.32. The molecule has 1 saturated heterocycles. The van der Waals surface area contributed by atoms with E-state index in [1.807, 2.05) is 13.2 Å². The second kappa shape index (κ2) is 5.49. The molecule has 6 nitrogen and oxygen atoms in total. The van der Waals surface area contributed by atoms with Crippen molar-refractivity contribution in [2.24, 2.45) is 7.05 Å². The van der Waals surface area contributed by atoms with Gasteiger partial charge in [0.1, 0.15) is 6.10 Å². The molecule has 6 heteroatoms. The second-order valence-corrected chi connectivity index (χ2v) is 4.52. The van der Waals surface area contributed by atoms with Gasteiger partial charge in [-0.15, -0.1) is 0 Å². The third kappa shape index (κ3) is 2.70. The highest BCUT2D eigenvalue weighted by Crippen LogP contribution is 2.14. The molecule has 0 aromatic carbocycles. The highest BCUT2D eigenvalue weighted by molar-refractivity contribution is 5.96. The van der Waals surface area contributed by atoms with Crippen LogP contribution in [0.2, 0.25) is 0 Å². The number of carbonyl (C=O) groups excluding carboxylic acids is 1. The van der Waals surface area contributed by atoms with Crippen molar-refractivity contribution in [3.05, 3.63) is 12.4 Å². The van der Waals surface area contributed by atoms with E-state index < -0.39 is 0 Å². The molecule has 1 unspecified atom stereocenters. The number of aromatic nitrogens is 2. The Bertz CT molecular complexity index is 418. The van der Waals surface area contributed by atoms with Crippen LogP contribution < -0.4 is 4.90 Å². The van der Waals surface area contributed by atoms with Gasteiger partial charge in [0, 0.05) is 33.4 Å². The topological polar surface area (TPSA) is 50.6 Å². The zero-order valence-electron chi connectivity index (χ0n) is 11.2. The highest BCUT2D eigenvalue weighted by Gasteiger charge is 2.29. The molecule has 2 rings (SSSR count). The Morgan fingerprint density at radius 3 is 3.06 bits per heavy atom. The van der Waals surface area contributed by atoms with Crippen LogP contribution >= 0.6 is 0 Å². The number of nitrogens with zero attached hydrogens (tertiary/aromatic N) is 4. The van der Waals surface area contributed by atoms with Crippen LogP contribution in [-0.2, 0) is 16.6 Å². The molecule has 0 spiro atoms. The first-order valence-electron chi connectivity index (χ1n) is 6.22. The van der Waals surface area contributed by atoms with E-state index in [2.05, 4.69) is 16.9 Å². The summed E-state index contributed by atoms with van der Waals surface area (Å²) in [6.07, 6.45) is 3.13. The summed E-state index contributed by atoms with van der Waals surface area (Å²) in [6, 6.07) is 0. The average molecular weight is 252 g/mol. The third-order valence-corrected chi connectivity index (χ3v) is 3.28. The van der Waals surface area contributed by atoms with Crippen LogP contribution in [0.4, 0.5) is 5.69 Å². The Morgan fingerprint density at radius 2 is 2.44 bits per heavy atom. The standard InChI is InChI=1S/C12H20N4O2/c1-4-16-5-6-18-11(9-16)12(17)15(3)10-7-13-14(2)8-10/h7-8,11H,4-6,9H2,1-3H3. The summed E-state index contributed by atoms with van der Waals surface area (Å²) in [5.74, 6) is -0.0128. The zero-order valence-corrected chi connectivity index (χ0v) is 11.2. The van der Waals surface area contributed by atoms with Crippen LogP contribution in [0.25, 0.3) is 0 Å². The molecule has 0 bridgehead atoms. The molecule has 100 valence electrons. The molecule has 0 N–H and O–H groups in total. The molecule has 1 aliphatic rings. The molecular weight excluding hydrogens is 232 g/mol. The van der Waals surface area contributed by atoms with Crippen molar-refractivity contribution in [3.8, 4) is 0 Å². The molecule has 0 saturated carbocycles. The first-order valence-corrected chi connectivity index (χ1v) is 6.22. The minimum atomic E-state index is -0.371. The van der Waals surface area contributed by atoms with E-state index in [0.717, 1.165) is 18.8 Å². The zero-order chi connectivity index (χ0) is 13.1. The van der Waals surface area contributed by atoms with Gasteiger partial charge in [0.2, 0.25) is 0 Å². The molecule has 0 aliphatic carbocycles. The van der Waals surface area contributed by atoms with E-state index in [4.69, 9.17) is 4.74 Å². The van der Waals surface area contributed by atoms with Gasteiger partial charge in [-0.1, -0.05) is 6.92 Å². The van der Waals surface area contributed by atoms with Crippen molar-refractivity contribution < 1.29 is 9.53 Å². The minimum absolute atomic E-state index is 0.0128. The molecule has 2 heterocycles. The number of rotatable bonds is 3. The van der Waals surface area contributed by atoms with Gasteiger partial charge < -0.3 is 9.64 Å². The number of hydrogen-bond acceptors (Lipinski definition) is 4. The Hall–Kier alpha value is -1.40. The van der Waals surface area contributed by atoms with Crippen molar-refractivity contribution in [2.75, 3.05) is 38.2 Å². The van der Waals surface area contributed by atoms with E-state index >= 15 is 0 Å². The predicted octanol–water partition coefficient (Wildman–Crippen LogP) is 0.104. The highest BCUT2D eigenvalue weighted by atomic mass is 16.5. The molecule has 18 heavy (non-hydrogen) atoms. The average Bonchev–Trinajstić information content (AvgIpc) is 2.83. The third-order valence-electron chi connectivity index (χ3n) is 3.28. The van der Waals surface area contributed by atoms with Crippen LogP contribution in [-0.4, -0.2) is 60.0 Å². The second-order valence-electron chi connectivity index (χ2n) is 4.52. The maximum absolute atomic E-state index is 12.3. The lowest BCUT2D eigenvalue weighted by Crippen LogP contribution is -2.50. The van der Waals surface area contributed by atoms with Gasteiger partial charge in [0.25, 0.3) is 5.91 Å². The predicted molar refractivity (Wildman–Crippen MR) is 68.5 cm³/mol. The van der Waals surface area contributed by atoms with Gasteiger partial charge in [-0.3, -0.25) is 14.4 Å². The van der Waals surface area contributed by atoms with Crippen molar-refractivity contribution in [2.45, 2.75) is 13.0 Å². The van der Waals surface area contributed by atoms with Crippen molar-refractivity contribution in [3.63, 3.8) is 0 Å². The number of carbonyl (C=O) groups is 1. The first-order chi connectivity index (χ1) is 8.61. The summed E-state index contributed by atoms with van der Waals surface area (Å²) >= 11 is 0. The number of morpholine rings is 1. The molecule has 1 aromatic heterocycles. The number of likely N-dealkylation sites (N-methyl/N-ethyl adjacent to an activating group) is 2. The Kier molecular flexibility index (Phi) is 3.98. The molecule has 0 radical (unpaired) electrons. The van der Waals surface area contributed by atoms with E-state index in [1.54, 1.807) is 22.8 Å². The number of hydrogen-bond donors (Lipinski definition) is 0. The minimum Gasteiger partial charge on any atom is -0.366 e. The van der Waals surface area contributed by atoms with Gasteiger partial charge in [-0.2, -0.15) is 5.10 Å². The Labute approximate surface area is 107 Å². The van der Waals surface area contributed by atoms with Crippen LogP contribution in [0, 0.1) is 0 Å². The van der Waals surface area contributed by atoms with E-state index in [-0.39, 0.29) is 12.0 Å². The van der Waals surface area contributed by atoms with Crippen LogP contribution in [0.15, 0.2) is 12.4 Å². The Balaban J connectivity index is 2.02. The summed E-state index contributed by atoms with van der Waals surface area (Å²) in [6.45, 7) is 5.23. The van der Waals surface area contributed by atoms with E-state index in [0.29, 0.717) is 13.2 Å². The maximum atomic E-state index is 12.3. The molecule has 1 aliphatic heterocycles. The molecular formula is C12H20N4O2. The molecule has 1 fully saturated rings. The van der Waals surface area contributed by atoms with Crippen molar-refractivity contribution in [1.29, 1.82) is 0 Å². The number of aryl methyl sites for hydroxylation is 1. The fourth-order valence-corrected chi connectivity index (χ4v) is 2.06. The number of amides is 1. The van der Waals surface area contributed by atoms with Gasteiger partial charge in [0.15, 0.2) is 0 Å². The lowest BCUT2D eigenvalue weighted by atomic mass is 10.2. The van der Waals surface area contributed by atoms with E-state index in [9.17, 15) is 4.79 Å². The van der Waals surface area contributed by atoms with Gasteiger partial charge in [-0.25, -0.2) is 0 Å². The summed E-state index contributed by atoms with van der Waals surface area (Å²) in [5.41, 5.74) is 0.791. The summed E-state index contributed by atoms with van der Waals surface area (Å²) in [4.78, 5) is 16.1. The van der Waals surface area contributed by atoms with Crippen LogP contribution in [0.3, 0.4) is 0 Å². The summed E-state index contributed by atoms with van der Waals surface area (Å²) < 4.78 is 7.24. The van der Waals surface area contributed by atoms with Gasteiger partial charge in [0.05, 0.1) is 18.5 Å². The summed E-state index contributed by atoms with van der Waals surface area (Å²) in [5, 5.41) is 4.07. The monoisotopic (exact) mass is 252 g/mol. The fourth-order valence-electron chi connectivity index (χ4n) is 2.06. The number of anilines is 1. The normalized spacial score (nSPS) is 20.9. The fraction of sp³-hybridized carbons (Fsp3) is 0.667. The lowest BCUT2D eigenvalue weighted by molar-refractivity contribution is -0.135. The molecule has 1 atom stereocenters. The molecule has 1 aromatic rings. The van der Waals surface area contributed by atoms with Crippen LogP contribution in [0.1, 0.15) is 6.92 Å². The molecule has 1 amide bonds. The van der Waals surface area contributed by atoms with Crippen LogP contribution in [0.5, 0.6) is 0 Å². The quantitative estimate of drug-likeness (QED) is 0.766. The first kappa shape index (κ1) is 13.0. The number of ether oxygens (including phenoxy) is 1.